The van der Waals surface area contributed by atoms with Gasteiger partial charge in [-0.3, -0.25) is 4.79 Å². The van der Waals surface area contributed by atoms with Crippen molar-refractivity contribution in [3.63, 3.8) is 0 Å². The van der Waals surface area contributed by atoms with Gasteiger partial charge >= 0.3 is 0 Å². The average molecular weight is 333 g/mol. The molecule has 1 aromatic carbocycles. The largest absolute Gasteiger partial charge is 0.354 e. The number of halogens is 2. The molecule has 1 unspecified atom stereocenters. The predicted molar refractivity (Wildman–Crippen MR) is 92.2 cm³/mol. The smallest absolute Gasteiger partial charge is 0.239 e. The Morgan fingerprint density at radius 1 is 1.33 bits per heavy atom. The van der Waals surface area contributed by atoms with Gasteiger partial charge in [-0.2, -0.15) is 0 Å². The van der Waals surface area contributed by atoms with Crippen LogP contribution in [0, 0.1) is 0 Å². The van der Waals surface area contributed by atoms with Gasteiger partial charge in [0.05, 0.1) is 5.54 Å². The predicted octanol–water partition coefficient (Wildman–Crippen LogP) is 3.67. The third kappa shape index (κ3) is 5.85. The maximum absolute atomic E-state index is 12.1. The first-order valence-corrected chi connectivity index (χ1v) is 7.40. The minimum atomic E-state index is -0.806. The summed E-state index contributed by atoms with van der Waals surface area (Å²) in [5.74, 6) is -0.102. The van der Waals surface area contributed by atoms with Crippen LogP contribution in [0.3, 0.4) is 0 Å². The molecule has 0 spiro atoms. The van der Waals surface area contributed by atoms with Gasteiger partial charge in [0.2, 0.25) is 5.91 Å². The molecule has 0 aliphatic carbocycles. The van der Waals surface area contributed by atoms with E-state index in [1.807, 2.05) is 31.2 Å². The van der Waals surface area contributed by atoms with Crippen LogP contribution in [0.1, 0.15) is 46.1 Å². The molecule has 1 amide bonds. The van der Waals surface area contributed by atoms with Crippen molar-refractivity contribution in [1.82, 2.24) is 5.32 Å². The van der Waals surface area contributed by atoms with Crippen LogP contribution in [0.2, 0.25) is 5.02 Å². The van der Waals surface area contributed by atoms with E-state index in [1.165, 1.54) is 0 Å². The Balaban J connectivity index is 0.00000400. The van der Waals surface area contributed by atoms with Gasteiger partial charge in [-0.15, -0.1) is 12.4 Å². The van der Waals surface area contributed by atoms with Crippen molar-refractivity contribution in [3.05, 3.63) is 34.9 Å². The molecule has 120 valence electrons. The number of carbonyl (C=O) groups is 1. The maximum atomic E-state index is 12.1. The zero-order valence-corrected chi connectivity index (χ0v) is 14.8. The zero-order chi connectivity index (χ0) is 15.4. The topological polar surface area (TPSA) is 55.1 Å². The van der Waals surface area contributed by atoms with Gasteiger partial charge in [-0.25, -0.2) is 0 Å². The second-order valence-corrected chi connectivity index (χ2v) is 6.68. The number of hydrogen-bond acceptors (Lipinski definition) is 2. The van der Waals surface area contributed by atoms with Crippen molar-refractivity contribution in [3.8, 4) is 0 Å². The Morgan fingerprint density at radius 3 is 2.48 bits per heavy atom. The highest BCUT2D eigenvalue weighted by molar-refractivity contribution is 6.30. The first-order chi connectivity index (χ1) is 9.19. The Morgan fingerprint density at radius 2 is 1.95 bits per heavy atom. The second kappa shape index (κ2) is 8.02. The highest BCUT2D eigenvalue weighted by Crippen LogP contribution is 2.25. The lowest BCUT2D eigenvalue weighted by molar-refractivity contribution is -0.126. The Hall–Kier alpha value is -0.770. The number of benzene rings is 1. The number of hydrogen-bond donors (Lipinski definition) is 2. The number of nitrogens with two attached hydrogens (primary N) is 1. The molecule has 1 atom stereocenters. The lowest BCUT2D eigenvalue weighted by Gasteiger charge is -2.29. The fraction of sp³-hybridized carbons (Fsp3) is 0.562. The summed E-state index contributed by atoms with van der Waals surface area (Å²) in [6.45, 7) is 8.48. The quantitative estimate of drug-likeness (QED) is 0.834. The van der Waals surface area contributed by atoms with Gasteiger partial charge in [0.15, 0.2) is 0 Å². The molecular formula is C16H26Cl2N2O. The maximum Gasteiger partial charge on any atom is 0.239 e. The van der Waals surface area contributed by atoms with Crippen LogP contribution in [-0.2, 0) is 10.2 Å². The van der Waals surface area contributed by atoms with Crippen LogP contribution in [0.4, 0.5) is 0 Å². The van der Waals surface area contributed by atoms with Crippen molar-refractivity contribution in [2.24, 2.45) is 5.73 Å². The van der Waals surface area contributed by atoms with E-state index in [0.717, 1.165) is 12.0 Å². The summed E-state index contributed by atoms with van der Waals surface area (Å²) in [7, 11) is 0. The zero-order valence-electron chi connectivity index (χ0n) is 13.2. The van der Waals surface area contributed by atoms with Crippen molar-refractivity contribution in [2.75, 3.05) is 6.54 Å². The van der Waals surface area contributed by atoms with E-state index in [2.05, 4.69) is 19.2 Å². The van der Waals surface area contributed by atoms with Gasteiger partial charge < -0.3 is 11.1 Å². The summed E-state index contributed by atoms with van der Waals surface area (Å²) in [5.41, 5.74) is 6.13. The van der Waals surface area contributed by atoms with E-state index in [-0.39, 0.29) is 23.7 Å². The van der Waals surface area contributed by atoms with Crippen molar-refractivity contribution < 1.29 is 4.79 Å². The number of amides is 1. The normalized spacial score (nSPS) is 14.0. The molecule has 0 aliphatic heterocycles. The van der Waals surface area contributed by atoms with Crippen LogP contribution >= 0.6 is 24.0 Å². The highest BCUT2D eigenvalue weighted by Gasteiger charge is 2.29. The summed E-state index contributed by atoms with van der Waals surface area (Å²) >= 11 is 6.02. The first kappa shape index (κ1) is 20.2. The minimum Gasteiger partial charge on any atom is -0.354 e. The third-order valence-corrected chi connectivity index (χ3v) is 3.82. The molecule has 1 aromatic rings. The molecule has 0 heterocycles. The monoisotopic (exact) mass is 332 g/mol. The molecule has 0 saturated carbocycles. The minimum absolute atomic E-state index is 0. The molecule has 0 aliphatic rings. The van der Waals surface area contributed by atoms with E-state index in [4.69, 9.17) is 17.3 Å². The van der Waals surface area contributed by atoms with Crippen LogP contribution in [-0.4, -0.2) is 18.0 Å². The average Bonchev–Trinajstić information content (AvgIpc) is 2.36. The molecule has 0 radical (unpaired) electrons. The fourth-order valence-corrected chi connectivity index (χ4v) is 2.34. The SMILES string of the molecule is CCCC(C)(N)C(=O)NCC(C)(C)c1cccc(Cl)c1.Cl. The molecule has 0 bridgehead atoms. The van der Waals surface area contributed by atoms with Crippen molar-refractivity contribution >= 4 is 29.9 Å². The first-order valence-electron chi connectivity index (χ1n) is 7.02. The van der Waals surface area contributed by atoms with Gasteiger partial charge in [-0.05, 0) is 31.0 Å². The molecule has 21 heavy (non-hydrogen) atoms. The molecular weight excluding hydrogens is 307 g/mol. The molecule has 1 rings (SSSR count). The highest BCUT2D eigenvalue weighted by atomic mass is 35.5. The van der Waals surface area contributed by atoms with Gasteiger partial charge in [0.25, 0.3) is 0 Å². The molecule has 3 nitrogen and oxygen atoms in total. The lowest BCUT2D eigenvalue weighted by atomic mass is 9.84. The summed E-state index contributed by atoms with van der Waals surface area (Å²) < 4.78 is 0. The number of carbonyl (C=O) groups excluding carboxylic acids is 1. The molecule has 0 fully saturated rings. The fourth-order valence-electron chi connectivity index (χ4n) is 2.15. The lowest BCUT2D eigenvalue weighted by Crippen LogP contribution is -2.53. The van der Waals surface area contributed by atoms with Gasteiger partial charge in [0, 0.05) is 17.0 Å². The van der Waals surface area contributed by atoms with Crippen LogP contribution < -0.4 is 11.1 Å². The summed E-state index contributed by atoms with van der Waals surface area (Å²) in [6, 6.07) is 7.72. The van der Waals surface area contributed by atoms with Gasteiger partial charge in [0.1, 0.15) is 0 Å². The van der Waals surface area contributed by atoms with Crippen LogP contribution in [0.15, 0.2) is 24.3 Å². The molecule has 3 N–H and O–H groups in total. The molecule has 5 heteroatoms. The summed E-state index contributed by atoms with van der Waals surface area (Å²) in [6.07, 6.45) is 1.56. The van der Waals surface area contributed by atoms with Crippen LogP contribution in [0.25, 0.3) is 0 Å². The summed E-state index contributed by atoms with van der Waals surface area (Å²) in [5, 5.41) is 3.66. The van der Waals surface area contributed by atoms with E-state index in [9.17, 15) is 4.79 Å². The second-order valence-electron chi connectivity index (χ2n) is 6.24. The Bertz CT molecular complexity index is 473. The van der Waals surface area contributed by atoms with Crippen molar-refractivity contribution in [1.29, 1.82) is 0 Å². The van der Waals surface area contributed by atoms with Gasteiger partial charge in [-0.1, -0.05) is 50.9 Å². The molecule has 0 saturated heterocycles. The molecule has 0 aromatic heterocycles. The van der Waals surface area contributed by atoms with E-state index < -0.39 is 5.54 Å². The van der Waals surface area contributed by atoms with Crippen molar-refractivity contribution in [2.45, 2.75) is 51.5 Å². The number of rotatable bonds is 6. The van der Waals surface area contributed by atoms with Crippen LogP contribution in [0.5, 0.6) is 0 Å². The van der Waals surface area contributed by atoms with E-state index >= 15 is 0 Å². The van der Waals surface area contributed by atoms with E-state index in [1.54, 1.807) is 6.92 Å². The Labute approximate surface area is 139 Å². The third-order valence-electron chi connectivity index (χ3n) is 3.59. The van der Waals surface area contributed by atoms with E-state index in [0.29, 0.717) is 18.0 Å². The number of nitrogens with one attached hydrogen (secondary N) is 1. The summed E-state index contributed by atoms with van der Waals surface area (Å²) in [4.78, 5) is 12.1. The standard InChI is InChI=1S/C16H25ClN2O.ClH/c1-5-9-16(4,18)14(20)19-11-15(2,3)12-7-6-8-13(17)10-12;/h6-8,10H,5,9,11,18H2,1-4H3,(H,19,20);1H. The Kier molecular flexibility index (Phi) is 7.73.